The minimum Gasteiger partial charge on any atom is -0.375 e. The number of rotatable bonds is 5. The molecule has 4 rings (SSSR count). The van der Waals surface area contributed by atoms with Gasteiger partial charge < -0.3 is 4.74 Å². The molecule has 1 atom stereocenters. The van der Waals surface area contributed by atoms with Gasteiger partial charge in [0.25, 0.3) is 5.56 Å². The van der Waals surface area contributed by atoms with Gasteiger partial charge in [-0.25, -0.2) is 4.68 Å². The van der Waals surface area contributed by atoms with Gasteiger partial charge in [0.15, 0.2) is 0 Å². The largest absolute Gasteiger partial charge is 0.375 e. The predicted molar refractivity (Wildman–Crippen MR) is 118 cm³/mol. The van der Waals surface area contributed by atoms with Crippen molar-refractivity contribution in [2.24, 2.45) is 7.05 Å². The normalized spacial score (nSPS) is 17.1. The van der Waals surface area contributed by atoms with Gasteiger partial charge in [0.1, 0.15) is 0 Å². The molecule has 2 aromatic carbocycles. The van der Waals surface area contributed by atoms with Crippen LogP contribution in [0.15, 0.2) is 65.5 Å². The molecule has 1 saturated heterocycles. The summed E-state index contributed by atoms with van der Waals surface area (Å²) < 4.78 is 9.69. The highest BCUT2D eigenvalue weighted by Gasteiger charge is 2.24. The van der Waals surface area contributed by atoms with Gasteiger partial charge in [0.05, 0.1) is 24.0 Å². The topological polar surface area (TPSA) is 39.4 Å². The fourth-order valence-corrected chi connectivity index (χ4v) is 3.95. The van der Waals surface area contributed by atoms with E-state index in [1.165, 1.54) is 5.56 Å². The smallest absolute Gasteiger partial charge is 0.276 e. The van der Waals surface area contributed by atoms with Crippen molar-refractivity contribution in [2.45, 2.75) is 26.0 Å². The number of hydrogen-bond donors (Lipinski definition) is 0. The van der Waals surface area contributed by atoms with Crippen LogP contribution < -0.4 is 5.56 Å². The van der Waals surface area contributed by atoms with Gasteiger partial charge in [-0.05, 0) is 31.0 Å². The summed E-state index contributed by atoms with van der Waals surface area (Å²) in [6, 6.07) is 20.3. The monoisotopic (exact) mass is 413 g/mol. The maximum absolute atomic E-state index is 13.1. The predicted octanol–water partition coefficient (Wildman–Crippen LogP) is 3.35. The number of benzene rings is 2. The van der Waals surface area contributed by atoms with Crippen LogP contribution in [0.3, 0.4) is 0 Å². The van der Waals surface area contributed by atoms with Gasteiger partial charge in [0.2, 0.25) is 0 Å². The number of ether oxygens (including phenoxy) is 1. The summed E-state index contributed by atoms with van der Waals surface area (Å²) in [5, 5.41) is 0. The van der Waals surface area contributed by atoms with Crippen molar-refractivity contribution >= 4 is 12.4 Å². The van der Waals surface area contributed by atoms with Crippen molar-refractivity contribution in [1.29, 1.82) is 0 Å². The molecule has 1 aromatic heterocycles. The Morgan fingerprint density at radius 3 is 2.38 bits per heavy atom. The second kappa shape index (κ2) is 9.44. The third-order valence-electron chi connectivity index (χ3n) is 5.58. The molecule has 154 valence electrons. The van der Waals surface area contributed by atoms with Gasteiger partial charge in [-0.15, -0.1) is 12.4 Å². The van der Waals surface area contributed by atoms with E-state index in [1.54, 1.807) is 4.68 Å². The van der Waals surface area contributed by atoms with Crippen molar-refractivity contribution in [3.8, 4) is 5.69 Å². The van der Waals surface area contributed by atoms with Crippen LogP contribution >= 0.6 is 12.4 Å². The molecule has 0 spiro atoms. The first-order valence-corrected chi connectivity index (χ1v) is 9.84. The molecule has 0 aliphatic carbocycles. The number of halogens is 1. The molecule has 0 N–H and O–H groups in total. The highest BCUT2D eigenvalue weighted by atomic mass is 35.5. The van der Waals surface area contributed by atoms with Crippen LogP contribution in [0, 0.1) is 6.92 Å². The Morgan fingerprint density at radius 1 is 1.03 bits per heavy atom. The molecule has 1 aliphatic heterocycles. The van der Waals surface area contributed by atoms with E-state index < -0.39 is 0 Å². The zero-order chi connectivity index (χ0) is 19.5. The molecule has 2 heterocycles. The summed E-state index contributed by atoms with van der Waals surface area (Å²) in [7, 11) is 1.95. The molecule has 29 heavy (non-hydrogen) atoms. The highest BCUT2D eigenvalue weighted by molar-refractivity contribution is 5.85. The maximum atomic E-state index is 13.1. The first kappa shape index (κ1) is 21.4. The second-order valence-corrected chi connectivity index (χ2v) is 7.46. The number of nitrogens with zero attached hydrogens (tertiary/aromatic N) is 3. The van der Waals surface area contributed by atoms with E-state index in [1.807, 2.05) is 55.1 Å². The van der Waals surface area contributed by atoms with Crippen molar-refractivity contribution in [1.82, 2.24) is 14.3 Å². The molecule has 1 aliphatic rings. The molecule has 0 saturated carbocycles. The van der Waals surface area contributed by atoms with E-state index in [0.717, 1.165) is 36.5 Å². The van der Waals surface area contributed by atoms with Crippen LogP contribution in [0.2, 0.25) is 0 Å². The van der Waals surface area contributed by atoms with Gasteiger partial charge in [-0.1, -0.05) is 48.5 Å². The van der Waals surface area contributed by atoms with Crippen molar-refractivity contribution in [2.75, 3.05) is 19.7 Å². The van der Waals surface area contributed by atoms with Crippen LogP contribution in [0.25, 0.3) is 5.69 Å². The first-order chi connectivity index (χ1) is 13.6. The highest BCUT2D eigenvalue weighted by Crippen LogP contribution is 2.16. The number of hydrogen-bond acceptors (Lipinski definition) is 3. The Kier molecular flexibility index (Phi) is 6.96. The molecule has 1 fully saturated rings. The molecule has 6 heteroatoms. The third kappa shape index (κ3) is 4.64. The van der Waals surface area contributed by atoms with Gasteiger partial charge in [0, 0.05) is 32.4 Å². The van der Waals surface area contributed by atoms with Crippen LogP contribution in [-0.2, 0) is 24.8 Å². The molecular formula is C23H28ClN3O2. The van der Waals surface area contributed by atoms with Crippen LogP contribution in [0.4, 0.5) is 0 Å². The lowest BCUT2D eigenvalue weighted by Gasteiger charge is -2.32. The summed E-state index contributed by atoms with van der Waals surface area (Å²) in [5.41, 5.74) is 4.13. The Bertz CT molecular complexity index is 983. The molecule has 0 amide bonds. The third-order valence-corrected chi connectivity index (χ3v) is 5.58. The Balaban J connectivity index is 0.00000240. The average Bonchev–Trinajstić information content (AvgIpc) is 2.93. The van der Waals surface area contributed by atoms with Crippen molar-refractivity contribution in [3.05, 3.63) is 87.8 Å². The lowest BCUT2D eigenvalue weighted by molar-refractivity contribution is -0.0306. The molecular weight excluding hydrogens is 386 g/mol. The summed E-state index contributed by atoms with van der Waals surface area (Å²) in [5.74, 6) is 0. The maximum Gasteiger partial charge on any atom is 0.276 e. The zero-order valence-electron chi connectivity index (χ0n) is 17.0. The summed E-state index contributed by atoms with van der Waals surface area (Å²) in [6.07, 6.45) is 1.07. The van der Waals surface area contributed by atoms with E-state index in [4.69, 9.17) is 4.74 Å². The van der Waals surface area contributed by atoms with Crippen LogP contribution in [-0.4, -0.2) is 40.1 Å². The lowest BCUT2D eigenvalue weighted by Crippen LogP contribution is -2.43. The molecule has 0 radical (unpaired) electrons. The Labute approximate surface area is 177 Å². The fourth-order valence-electron chi connectivity index (χ4n) is 3.95. The fraction of sp³-hybridized carbons (Fsp3) is 0.348. The number of aromatic nitrogens is 2. The quantitative estimate of drug-likeness (QED) is 0.644. The standard InChI is InChI=1S/C23H27N3O2.ClH/c1-18-22(23(27)26(24(18)2)20-11-7-4-8-12-20)17-25-13-14-28-21(16-25)15-19-9-5-3-6-10-19;/h3-12,21H,13-17H2,1-2H3;1H. The second-order valence-electron chi connectivity index (χ2n) is 7.46. The van der Waals surface area contributed by atoms with E-state index in [9.17, 15) is 4.79 Å². The van der Waals surface area contributed by atoms with Gasteiger partial charge >= 0.3 is 0 Å². The average molecular weight is 414 g/mol. The van der Waals surface area contributed by atoms with Crippen LogP contribution in [0.5, 0.6) is 0 Å². The summed E-state index contributed by atoms with van der Waals surface area (Å²) >= 11 is 0. The summed E-state index contributed by atoms with van der Waals surface area (Å²) in [6.45, 7) is 5.08. The zero-order valence-corrected chi connectivity index (χ0v) is 17.8. The lowest BCUT2D eigenvalue weighted by atomic mass is 10.1. The summed E-state index contributed by atoms with van der Waals surface area (Å²) in [4.78, 5) is 15.5. The van der Waals surface area contributed by atoms with E-state index in [0.29, 0.717) is 13.2 Å². The SMILES string of the molecule is Cc1c(CN2CCOC(Cc3ccccc3)C2)c(=O)n(-c2ccccc2)n1C.Cl. The first-order valence-electron chi connectivity index (χ1n) is 9.84. The minimum atomic E-state index is 0. The van der Waals surface area contributed by atoms with Crippen molar-refractivity contribution < 1.29 is 4.74 Å². The van der Waals surface area contributed by atoms with E-state index >= 15 is 0 Å². The Hall–Kier alpha value is -2.34. The minimum absolute atomic E-state index is 0. The molecule has 0 bridgehead atoms. The van der Waals surface area contributed by atoms with Gasteiger partial charge in [-0.3, -0.25) is 14.4 Å². The number of para-hydroxylation sites is 1. The molecule has 1 unspecified atom stereocenters. The van der Waals surface area contributed by atoms with E-state index in [2.05, 4.69) is 29.2 Å². The number of morpholine rings is 1. The van der Waals surface area contributed by atoms with Crippen LogP contribution in [0.1, 0.15) is 16.8 Å². The molecule has 5 nitrogen and oxygen atoms in total. The van der Waals surface area contributed by atoms with Gasteiger partial charge in [-0.2, -0.15) is 0 Å². The van der Waals surface area contributed by atoms with Crippen molar-refractivity contribution in [3.63, 3.8) is 0 Å². The molecule has 3 aromatic rings. The van der Waals surface area contributed by atoms with E-state index in [-0.39, 0.29) is 24.1 Å². The Morgan fingerprint density at radius 2 is 1.69 bits per heavy atom.